The highest BCUT2D eigenvalue weighted by Gasteiger charge is 2.16. The summed E-state index contributed by atoms with van der Waals surface area (Å²) in [7, 11) is 0. The molecule has 0 aromatic carbocycles. The van der Waals surface area contributed by atoms with E-state index in [1.54, 1.807) is 6.20 Å². The number of rotatable bonds is 3. The molecular formula is C11H17N3O2. The Labute approximate surface area is 94.6 Å². The lowest BCUT2D eigenvalue weighted by atomic mass is 10.1. The number of ether oxygens (including phenoxy) is 1. The van der Waals surface area contributed by atoms with Crippen LogP contribution in [0.3, 0.4) is 0 Å². The van der Waals surface area contributed by atoms with Gasteiger partial charge in [-0.2, -0.15) is 5.10 Å². The minimum atomic E-state index is -0.0829. The number of amides is 1. The second-order valence-corrected chi connectivity index (χ2v) is 4.11. The zero-order chi connectivity index (χ0) is 11.4. The van der Waals surface area contributed by atoms with E-state index in [9.17, 15) is 4.79 Å². The molecule has 1 unspecified atom stereocenters. The molecule has 5 heteroatoms. The van der Waals surface area contributed by atoms with E-state index in [-0.39, 0.29) is 12.0 Å². The molecule has 5 nitrogen and oxygen atoms in total. The number of nitrogens with zero attached hydrogens (tertiary/aromatic N) is 1. The van der Waals surface area contributed by atoms with E-state index in [0.717, 1.165) is 25.1 Å². The van der Waals surface area contributed by atoms with Gasteiger partial charge in [-0.15, -0.1) is 0 Å². The molecule has 0 radical (unpaired) electrons. The topological polar surface area (TPSA) is 67.0 Å². The van der Waals surface area contributed by atoms with Crippen LogP contribution in [0.1, 0.15) is 35.3 Å². The Kier molecular flexibility index (Phi) is 3.56. The number of aryl methyl sites for hydroxylation is 1. The molecule has 2 rings (SSSR count). The van der Waals surface area contributed by atoms with E-state index >= 15 is 0 Å². The first kappa shape index (κ1) is 11.1. The Bertz CT molecular complexity index is 356. The summed E-state index contributed by atoms with van der Waals surface area (Å²) in [5, 5.41) is 9.44. The molecule has 0 saturated carbocycles. The van der Waals surface area contributed by atoms with Crippen molar-refractivity contribution in [3.05, 3.63) is 17.5 Å². The molecule has 2 N–H and O–H groups in total. The lowest BCUT2D eigenvalue weighted by Crippen LogP contribution is -2.35. The largest absolute Gasteiger partial charge is 0.376 e. The quantitative estimate of drug-likeness (QED) is 0.803. The number of aromatic amines is 1. The minimum absolute atomic E-state index is 0.0829. The predicted molar refractivity (Wildman–Crippen MR) is 59.2 cm³/mol. The number of aromatic nitrogens is 2. The van der Waals surface area contributed by atoms with Crippen molar-refractivity contribution in [2.45, 2.75) is 32.3 Å². The van der Waals surface area contributed by atoms with Crippen molar-refractivity contribution in [2.75, 3.05) is 13.2 Å². The van der Waals surface area contributed by atoms with Gasteiger partial charge in [0.1, 0.15) is 0 Å². The Balaban J connectivity index is 1.81. The molecule has 1 atom stereocenters. The van der Waals surface area contributed by atoms with E-state index in [4.69, 9.17) is 4.74 Å². The van der Waals surface area contributed by atoms with E-state index in [0.29, 0.717) is 12.1 Å². The summed E-state index contributed by atoms with van der Waals surface area (Å²) < 4.78 is 5.54. The van der Waals surface area contributed by atoms with Gasteiger partial charge in [0.25, 0.3) is 5.91 Å². The molecule has 0 spiro atoms. The number of nitrogens with one attached hydrogen (secondary N) is 2. The fourth-order valence-corrected chi connectivity index (χ4v) is 1.85. The van der Waals surface area contributed by atoms with E-state index in [1.807, 2.05) is 6.92 Å². The maximum absolute atomic E-state index is 11.7. The first-order chi connectivity index (χ1) is 7.77. The lowest BCUT2D eigenvalue weighted by Gasteiger charge is -2.22. The standard InChI is InChI=1S/C11H17N3O2/c1-8-10(7-13-14-8)11(15)12-6-9-4-2-3-5-16-9/h7,9H,2-6H2,1H3,(H,12,15)(H,13,14). The molecule has 1 saturated heterocycles. The maximum atomic E-state index is 11.7. The number of carbonyl (C=O) groups is 1. The van der Waals surface area contributed by atoms with Gasteiger partial charge in [-0.3, -0.25) is 9.89 Å². The van der Waals surface area contributed by atoms with Crippen molar-refractivity contribution in [3.63, 3.8) is 0 Å². The van der Waals surface area contributed by atoms with Gasteiger partial charge in [0.2, 0.25) is 0 Å². The van der Waals surface area contributed by atoms with Crippen LogP contribution in [0.4, 0.5) is 0 Å². The lowest BCUT2D eigenvalue weighted by molar-refractivity contribution is 0.0169. The summed E-state index contributed by atoms with van der Waals surface area (Å²) in [5.41, 5.74) is 1.40. The number of hydrogen-bond donors (Lipinski definition) is 2. The molecule has 2 heterocycles. The number of H-pyrrole nitrogens is 1. The van der Waals surface area contributed by atoms with Crippen molar-refractivity contribution in [1.82, 2.24) is 15.5 Å². The highest BCUT2D eigenvalue weighted by Crippen LogP contribution is 2.12. The molecule has 0 bridgehead atoms. The van der Waals surface area contributed by atoms with Crippen LogP contribution in [-0.4, -0.2) is 35.4 Å². The van der Waals surface area contributed by atoms with Gasteiger partial charge in [-0.1, -0.05) is 0 Å². The smallest absolute Gasteiger partial charge is 0.254 e. The third-order valence-electron chi connectivity index (χ3n) is 2.84. The molecule has 1 aromatic rings. The Morgan fingerprint density at radius 1 is 1.69 bits per heavy atom. The van der Waals surface area contributed by atoms with Crippen LogP contribution in [0.25, 0.3) is 0 Å². The molecule has 1 fully saturated rings. The third-order valence-corrected chi connectivity index (χ3v) is 2.84. The van der Waals surface area contributed by atoms with Crippen LogP contribution in [0, 0.1) is 6.92 Å². The SMILES string of the molecule is Cc1[nH]ncc1C(=O)NCC1CCCCO1. The second-order valence-electron chi connectivity index (χ2n) is 4.11. The average Bonchev–Trinajstić information content (AvgIpc) is 2.74. The van der Waals surface area contributed by atoms with Gasteiger partial charge in [0, 0.05) is 18.8 Å². The summed E-state index contributed by atoms with van der Waals surface area (Å²) in [6.07, 6.45) is 5.07. The first-order valence-electron chi connectivity index (χ1n) is 5.67. The van der Waals surface area contributed by atoms with Crippen LogP contribution >= 0.6 is 0 Å². The molecular weight excluding hydrogens is 206 g/mol. The van der Waals surface area contributed by atoms with E-state index in [1.165, 1.54) is 6.42 Å². The van der Waals surface area contributed by atoms with Crippen molar-refractivity contribution < 1.29 is 9.53 Å². The molecule has 1 aliphatic rings. The molecule has 0 aliphatic carbocycles. The van der Waals surface area contributed by atoms with Crippen LogP contribution in [0.5, 0.6) is 0 Å². The zero-order valence-electron chi connectivity index (χ0n) is 9.45. The van der Waals surface area contributed by atoms with Gasteiger partial charge in [0.15, 0.2) is 0 Å². The highest BCUT2D eigenvalue weighted by atomic mass is 16.5. The average molecular weight is 223 g/mol. The van der Waals surface area contributed by atoms with Crippen LogP contribution in [0.15, 0.2) is 6.20 Å². The van der Waals surface area contributed by atoms with Gasteiger partial charge < -0.3 is 10.1 Å². The van der Waals surface area contributed by atoms with E-state index in [2.05, 4.69) is 15.5 Å². The van der Waals surface area contributed by atoms with Crippen molar-refractivity contribution in [3.8, 4) is 0 Å². The molecule has 1 amide bonds. The normalized spacial score (nSPS) is 20.7. The predicted octanol–water partition coefficient (Wildman–Crippen LogP) is 1.02. The van der Waals surface area contributed by atoms with Gasteiger partial charge in [-0.25, -0.2) is 0 Å². The summed E-state index contributed by atoms with van der Waals surface area (Å²) in [6.45, 7) is 3.23. The van der Waals surface area contributed by atoms with Gasteiger partial charge in [-0.05, 0) is 26.2 Å². The second kappa shape index (κ2) is 5.12. The van der Waals surface area contributed by atoms with Crippen molar-refractivity contribution >= 4 is 5.91 Å². The minimum Gasteiger partial charge on any atom is -0.376 e. The van der Waals surface area contributed by atoms with Crippen LogP contribution < -0.4 is 5.32 Å². The first-order valence-corrected chi connectivity index (χ1v) is 5.67. The molecule has 88 valence electrons. The molecule has 1 aromatic heterocycles. The van der Waals surface area contributed by atoms with Crippen LogP contribution in [0.2, 0.25) is 0 Å². The maximum Gasteiger partial charge on any atom is 0.254 e. The Morgan fingerprint density at radius 3 is 3.19 bits per heavy atom. The zero-order valence-corrected chi connectivity index (χ0v) is 9.45. The third kappa shape index (κ3) is 2.61. The Morgan fingerprint density at radius 2 is 2.56 bits per heavy atom. The van der Waals surface area contributed by atoms with Crippen molar-refractivity contribution in [1.29, 1.82) is 0 Å². The fourth-order valence-electron chi connectivity index (χ4n) is 1.85. The summed E-state index contributed by atoms with van der Waals surface area (Å²) in [6, 6.07) is 0. The summed E-state index contributed by atoms with van der Waals surface area (Å²) in [5.74, 6) is -0.0829. The van der Waals surface area contributed by atoms with Crippen molar-refractivity contribution in [2.24, 2.45) is 0 Å². The summed E-state index contributed by atoms with van der Waals surface area (Å²) >= 11 is 0. The number of hydrogen-bond acceptors (Lipinski definition) is 3. The molecule has 16 heavy (non-hydrogen) atoms. The van der Waals surface area contributed by atoms with Gasteiger partial charge >= 0.3 is 0 Å². The van der Waals surface area contributed by atoms with Gasteiger partial charge in [0.05, 0.1) is 17.9 Å². The highest BCUT2D eigenvalue weighted by molar-refractivity contribution is 5.94. The molecule has 1 aliphatic heterocycles. The fraction of sp³-hybridized carbons (Fsp3) is 0.636. The monoisotopic (exact) mass is 223 g/mol. The van der Waals surface area contributed by atoms with Crippen LogP contribution in [-0.2, 0) is 4.74 Å². The Hall–Kier alpha value is -1.36. The summed E-state index contributed by atoms with van der Waals surface area (Å²) in [4.78, 5) is 11.7. The number of carbonyl (C=O) groups excluding carboxylic acids is 1. The van der Waals surface area contributed by atoms with E-state index < -0.39 is 0 Å².